The molecule has 1 fully saturated rings. The van der Waals surface area contributed by atoms with Crippen molar-refractivity contribution in [3.05, 3.63) is 77.0 Å². The fourth-order valence-corrected chi connectivity index (χ4v) is 4.54. The molecule has 7 heteroatoms. The van der Waals surface area contributed by atoms with Gasteiger partial charge in [0.05, 0.1) is 5.41 Å². The summed E-state index contributed by atoms with van der Waals surface area (Å²) in [5.74, 6) is -2.23. The van der Waals surface area contributed by atoms with Crippen molar-refractivity contribution in [1.82, 2.24) is 14.5 Å². The molecule has 1 aliphatic rings. The summed E-state index contributed by atoms with van der Waals surface area (Å²) < 4.78 is 29.8. The first-order valence-electron chi connectivity index (χ1n) is 9.73. The quantitative estimate of drug-likeness (QED) is 0.512. The standard InChI is InChI=1S/C23H24F2N4O/c1-5-26-21(28(3)4)22(13-23(24,25)14-22)16-7-6-8-17(11-16)29-12-15(2)18-9-10-27-19(18)20(29)30/h5-12,27H,1,13-14H2,2-4H3. The van der Waals surface area contributed by atoms with E-state index in [1.807, 2.05) is 31.2 Å². The maximum Gasteiger partial charge on any atom is 0.279 e. The summed E-state index contributed by atoms with van der Waals surface area (Å²) in [5.41, 5.74) is 1.68. The lowest BCUT2D eigenvalue weighted by atomic mass is 9.60. The van der Waals surface area contributed by atoms with Gasteiger partial charge in [-0.3, -0.25) is 9.36 Å². The van der Waals surface area contributed by atoms with Gasteiger partial charge in [0.2, 0.25) is 0 Å². The predicted octanol–water partition coefficient (Wildman–Crippen LogP) is 4.40. The van der Waals surface area contributed by atoms with Crippen molar-refractivity contribution < 1.29 is 8.78 Å². The maximum atomic E-state index is 14.1. The molecular formula is C23H24F2N4O. The number of hydrogen-bond acceptors (Lipinski definition) is 2. The number of benzene rings is 1. The Morgan fingerprint density at radius 2 is 2.03 bits per heavy atom. The molecular weight excluding hydrogens is 386 g/mol. The Hall–Kier alpha value is -3.22. The molecule has 0 bridgehead atoms. The average molecular weight is 410 g/mol. The van der Waals surface area contributed by atoms with Crippen LogP contribution in [0.3, 0.4) is 0 Å². The van der Waals surface area contributed by atoms with E-state index < -0.39 is 11.3 Å². The highest BCUT2D eigenvalue weighted by atomic mass is 19.3. The number of nitrogens with zero attached hydrogens (tertiary/aromatic N) is 3. The summed E-state index contributed by atoms with van der Waals surface area (Å²) in [6.07, 6.45) is 4.23. The number of likely N-dealkylation sites (N-methyl/N-ethyl adjacent to an activating group) is 1. The van der Waals surface area contributed by atoms with Crippen LogP contribution in [0.5, 0.6) is 0 Å². The molecule has 156 valence electrons. The molecule has 0 atom stereocenters. The molecule has 0 radical (unpaired) electrons. The summed E-state index contributed by atoms with van der Waals surface area (Å²) in [5, 5.41) is 0.871. The number of halogens is 2. The highest BCUT2D eigenvalue weighted by molar-refractivity contribution is 5.95. The number of hydrogen-bond donors (Lipinski definition) is 1. The Bertz CT molecular complexity index is 1210. The van der Waals surface area contributed by atoms with Crippen molar-refractivity contribution in [3.63, 3.8) is 0 Å². The van der Waals surface area contributed by atoms with Crippen LogP contribution in [0, 0.1) is 6.92 Å². The second kappa shape index (κ2) is 6.93. The smallest absolute Gasteiger partial charge is 0.279 e. The van der Waals surface area contributed by atoms with E-state index in [0.29, 0.717) is 22.6 Å². The van der Waals surface area contributed by atoms with E-state index in [4.69, 9.17) is 0 Å². The van der Waals surface area contributed by atoms with Gasteiger partial charge in [-0.1, -0.05) is 18.7 Å². The minimum Gasteiger partial charge on any atom is -0.365 e. The number of fused-ring (bicyclic) bond motifs is 1. The lowest BCUT2D eigenvalue weighted by Gasteiger charge is -2.49. The van der Waals surface area contributed by atoms with Gasteiger partial charge >= 0.3 is 0 Å². The number of aromatic nitrogens is 2. The number of aliphatic imine (C=N–C) groups is 1. The third-order valence-corrected chi connectivity index (χ3v) is 5.79. The van der Waals surface area contributed by atoms with Crippen LogP contribution in [-0.4, -0.2) is 40.3 Å². The predicted molar refractivity (Wildman–Crippen MR) is 116 cm³/mol. The monoisotopic (exact) mass is 410 g/mol. The molecule has 0 amide bonds. The van der Waals surface area contributed by atoms with Gasteiger partial charge in [0.25, 0.3) is 11.5 Å². The first-order chi connectivity index (χ1) is 14.2. The Kier molecular flexibility index (Phi) is 4.64. The van der Waals surface area contributed by atoms with Crippen molar-refractivity contribution in [2.24, 2.45) is 4.99 Å². The van der Waals surface area contributed by atoms with E-state index in [1.54, 1.807) is 42.0 Å². The van der Waals surface area contributed by atoms with Gasteiger partial charge in [0, 0.05) is 56.6 Å². The normalized spacial score (nSPS) is 17.6. The molecule has 1 saturated carbocycles. The SMILES string of the molecule is C=CN=C(N(C)C)C1(c2cccc(-n3cc(C)c4cc[nH]c4c3=O)c2)CC(F)(F)C1. The number of alkyl halides is 2. The van der Waals surface area contributed by atoms with Crippen LogP contribution < -0.4 is 5.56 Å². The van der Waals surface area contributed by atoms with Gasteiger partial charge in [-0.15, -0.1) is 0 Å². The van der Waals surface area contributed by atoms with Gasteiger partial charge in [0.15, 0.2) is 0 Å². The average Bonchev–Trinajstić information content (AvgIpc) is 3.17. The minimum absolute atomic E-state index is 0.182. The van der Waals surface area contributed by atoms with E-state index in [9.17, 15) is 13.6 Å². The molecule has 30 heavy (non-hydrogen) atoms. The van der Waals surface area contributed by atoms with E-state index in [2.05, 4.69) is 16.6 Å². The summed E-state index contributed by atoms with van der Waals surface area (Å²) in [4.78, 5) is 22.1. The van der Waals surface area contributed by atoms with Crippen LogP contribution in [0.25, 0.3) is 16.6 Å². The zero-order valence-corrected chi connectivity index (χ0v) is 17.2. The van der Waals surface area contributed by atoms with Crippen molar-refractivity contribution in [1.29, 1.82) is 0 Å². The van der Waals surface area contributed by atoms with Crippen molar-refractivity contribution >= 4 is 16.7 Å². The summed E-state index contributed by atoms with van der Waals surface area (Å²) in [6, 6.07) is 9.11. The molecule has 4 rings (SSSR count). The second-order valence-corrected chi connectivity index (χ2v) is 8.13. The molecule has 2 heterocycles. The van der Waals surface area contributed by atoms with Crippen molar-refractivity contribution in [3.8, 4) is 5.69 Å². The second-order valence-electron chi connectivity index (χ2n) is 8.13. The van der Waals surface area contributed by atoms with Crippen LogP contribution in [0.1, 0.15) is 24.0 Å². The minimum atomic E-state index is -2.76. The van der Waals surface area contributed by atoms with E-state index >= 15 is 0 Å². The van der Waals surface area contributed by atoms with Crippen LogP contribution >= 0.6 is 0 Å². The van der Waals surface area contributed by atoms with Gasteiger partial charge in [-0.25, -0.2) is 13.8 Å². The van der Waals surface area contributed by atoms with Crippen LogP contribution in [0.4, 0.5) is 8.78 Å². The van der Waals surface area contributed by atoms with E-state index in [1.165, 1.54) is 6.20 Å². The fourth-order valence-electron chi connectivity index (χ4n) is 4.54. The molecule has 0 spiro atoms. The number of H-pyrrole nitrogens is 1. The maximum absolute atomic E-state index is 14.1. The molecule has 2 aromatic heterocycles. The lowest BCUT2D eigenvalue weighted by Crippen LogP contribution is -2.58. The molecule has 5 nitrogen and oxygen atoms in total. The first kappa shape index (κ1) is 20.1. The summed E-state index contributed by atoms with van der Waals surface area (Å²) in [7, 11) is 3.58. The highest BCUT2D eigenvalue weighted by Crippen LogP contribution is 2.54. The number of pyridine rings is 1. The zero-order chi connectivity index (χ0) is 21.7. The number of amidine groups is 1. The number of nitrogens with one attached hydrogen (secondary N) is 1. The molecule has 1 aliphatic carbocycles. The largest absolute Gasteiger partial charge is 0.365 e. The Balaban J connectivity index is 1.89. The lowest BCUT2D eigenvalue weighted by molar-refractivity contribution is -0.107. The van der Waals surface area contributed by atoms with Gasteiger partial charge in [-0.2, -0.15) is 0 Å². The molecule has 1 aromatic carbocycles. The molecule has 3 aromatic rings. The van der Waals surface area contributed by atoms with E-state index in [-0.39, 0.29) is 18.4 Å². The van der Waals surface area contributed by atoms with E-state index in [0.717, 1.165) is 10.9 Å². The summed E-state index contributed by atoms with van der Waals surface area (Å²) in [6.45, 7) is 5.58. The topological polar surface area (TPSA) is 53.4 Å². The molecule has 0 unspecified atom stereocenters. The van der Waals surface area contributed by atoms with Crippen LogP contribution in [0.2, 0.25) is 0 Å². The Morgan fingerprint density at radius 3 is 2.67 bits per heavy atom. The number of aromatic amines is 1. The third-order valence-electron chi connectivity index (χ3n) is 5.79. The number of rotatable bonds is 4. The molecule has 1 N–H and O–H groups in total. The van der Waals surface area contributed by atoms with Gasteiger partial charge in [0.1, 0.15) is 11.4 Å². The molecule has 0 saturated heterocycles. The molecule has 0 aliphatic heterocycles. The zero-order valence-electron chi connectivity index (χ0n) is 17.2. The van der Waals surface area contributed by atoms with Crippen molar-refractivity contribution in [2.45, 2.75) is 31.1 Å². The van der Waals surface area contributed by atoms with Gasteiger partial charge < -0.3 is 9.88 Å². The van der Waals surface area contributed by atoms with Crippen LogP contribution in [0.15, 0.2) is 65.3 Å². The van der Waals surface area contributed by atoms with Crippen molar-refractivity contribution in [2.75, 3.05) is 14.1 Å². The fraction of sp³-hybridized carbons (Fsp3) is 0.304. The Morgan fingerprint density at radius 1 is 1.30 bits per heavy atom. The van der Waals surface area contributed by atoms with Gasteiger partial charge in [-0.05, 0) is 36.2 Å². The highest BCUT2D eigenvalue weighted by Gasteiger charge is 2.60. The summed E-state index contributed by atoms with van der Waals surface area (Å²) >= 11 is 0. The third kappa shape index (κ3) is 3.05. The Labute approximate surface area is 173 Å². The van der Waals surface area contributed by atoms with Crippen LogP contribution in [-0.2, 0) is 5.41 Å². The number of aryl methyl sites for hydroxylation is 1. The first-order valence-corrected chi connectivity index (χ1v) is 9.73.